The first-order valence-corrected chi connectivity index (χ1v) is 5.40. The molecule has 0 amide bonds. The largest absolute Gasteiger partial charge is 0.316 e. The summed E-state index contributed by atoms with van der Waals surface area (Å²) < 4.78 is 0. The van der Waals surface area contributed by atoms with E-state index < -0.39 is 0 Å². The Labute approximate surface area is 85.7 Å². The van der Waals surface area contributed by atoms with E-state index in [9.17, 15) is 0 Å². The molecule has 1 aromatic heterocycles. The highest BCUT2D eigenvalue weighted by molar-refractivity contribution is 5.26. The number of aromatic nitrogens is 1. The molecule has 0 bridgehead atoms. The van der Waals surface area contributed by atoms with Gasteiger partial charge < -0.3 is 5.32 Å². The van der Waals surface area contributed by atoms with Gasteiger partial charge in [-0.2, -0.15) is 0 Å². The van der Waals surface area contributed by atoms with E-state index in [1.165, 1.54) is 17.5 Å². The third-order valence-electron chi connectivity index (χ3n) is 3.25. The number of pyridine rings is 1. The SMILES string of the molecule is Cc1cnccc1C1CCNCC1C. The summed E-state index contributed by atoms with van der Waals surface area (Å²) in [6.07, 6.45) is 5.15. The molecule has 0 saturated carbocycles. The van der Waals surface area contributed by atoms with Crippen LogP contribution in [0.15, 0.2) is 18.5 Å². The van der Waals surface area contributed by atoms with Gasteiger partial charge in [-0.15, -0.1) is 0 Å². The van der Waals surface area contributed by atoms with Crippen molar-refractivity contribution in [3.8, 4) is 0 Å². The Morgan fingerprint density at radius 3 is 3.07 bits per heavy atom. The number of nitrogens with one attached hydrogen (secondary N) is 1. The fraction of sp³-hybridized carbons (Fsp3) is 0.583. The van der Waals surface area contributed by atoms with E-state index in [1.54, 1.807) is 0 Å². The number of aryl methyl sites for hydroxylation is 1. The number of nitrogens with zero attached hydrogens (tertiary/aromatic N) is 1. The van der Waals surface area contributed by atoms with Gasteiger partial charge in [0.15, 0.2) is 0 Å². The molecule has 14 heavy (non-hydrogen) atoms. The van der Waals surface area contributed by atoms with Gasteiger partial charge in [0.05, 0.1) is 0 Å². The van der Waals surface area contributed by atoms with Gasteiger partial charge in [0.2, 0.25) is 0 Å². The van der Waals surface area contributed by atoms with E-state index in [4.69, 9.17) is 0 Å². The summed E-state index contributed by atoms with van der Waals surface area (Å²) in [6.45, 7) is 6.79. The Balaban J connectivity index is 2.25. The lowest BCUT2D eigenvalue weighted by Gasteiger charge is -2.30. The van der Waals surface area contributed by atoms with Crippen molar-refractivity contribution in [3.05, 3.63) is 29.6 Å². The standard InChI is InChI=1S/C12H18N2/c1-9-7-13-5-3-11(9)12-4-6-14-8-10(12)2/h3,5,7,10,12,14H,4,6,8H2,1-2H3. The zero-order valence-corrected chi connectivity index (χ0v) is 8.96. The molecule has 1 aliphatic rings. The molecule has 2 nitrogen and oxygen atoms in total. The average Bonchev–Trinajstić information content (AvgIpc) is 2.20. The molecule has 1 saturated heterocycles. The van der Waals surface area contributed by atoms with Gasteiger partial charge in [0.25, 0.3) is 0 Å². The van der Waals surface area contributed by atoms with Crippen LogP contribution in [0.3, 0.4) is 0 Å². The van der Waals surface area contributed by atoms with Crippen LogP contribution in [-0.2, 0) is 0 Å². The van der Waals surface area contributed by atoms with Crippen LogP contribution in [0.1, 0.15) is 30.4 Å². The number of rotatable bonds is 1. The predicted octanol–water partition coefficient (Wildman–Crippen LogP) is 2.10. The summed E-state index contributed by atoms with van der Waals surface area (Å²) in [5.41, 5.74) is 2.83. The lowest BCUT2D eigenvalue weighted by atomic mass is 9.81. The molecule has 0 aromatic carbocycles. The second kappa shape index (κ2) is 4.09. The van der Waals surface area contributed by atoms with Crippen LogP contribution >= 0.6 is 0 Å². The minimum Gasteiger partial charge on any atom is -0.316 e. The molecule has 1 N–H and O–H groups in total. The molecule has 1 aromatic rings. The van der Waals surface area contributed by atoms with Crippen molar-refractivity contribution in [1.82, 2.24) is 10.3 Å². The highest BCUT2D eigenvalue weighted by Gasteiger charge is 2.23. The van der Waals surface area contributed by atoms with Gasteiger partial charge in [0, 0.05) is 12.4 Å². The lowest BCUT2D eigenvalue weighted by molar-refractivity contribution is 0.348. The average molecular weight is 190 g/mol. The van der Waals surface area contributed by atoms with Crippen molar-refractivity contribution in [1.29, 1.82) is 0 Å². The summed E-state index contributed by atoms with van der Waals surface area (Å²) in [7, 11) is 0. The summed E-state index contributed by atoms with van der Waals surface area (Å²) >= 11 is 0. The molecule has 2 atom stereocenters. The molecule has 0 radical (unpaired) electrons. The maximum atomic E-state index is 4.15. The van der Waals surface area contributed by atoms with E-state index in [1.807, 2.05) is 12.4 Å². The van der Waals surface area contributed by atoms with Crippen LogP contribution in [-0.4, -0.2) is 18.1 Å². The van der Waals surface area contributed by atoms with E-state index in [2.05, 4.69) is 30.2 Å². The first kappa shape index (κ1) is 9.66. The van der Waals surface area contributed by atoms with E-state index >= 15 is 0 Å². The van der Waals surface area contributed by atoms with Crippen LogP contribution in [0.2, 0.25) is 0 Å². The summed E-state index contributed by atoms with van der Waals surface area (Å²) in [6, 6.07) is 2.18. The van der Waals surface area contributed by atoms with Crippen molar-refractivity contribution in [2.45, 2.75) is 26.2 Å². The Morgan fingerprint density at radius 1 is 1.50 bits per heavy atom. The van der Waals surface area contributed by atoms with E-state index in [0.29, 0.717) is 0 Å². The van der Waals surface area contributed by atoms with Crippen LogP contribution in [0.4, 0.5) is 0 Å². The first-order chi connectivity index (χ1) is 6.79. The smallest absolute Gasteiger partial charge is 0.0299 e. The predicted molar refractivity (Wildman–Crippen MR) is 58.4 cm³/mol. The van der Waals surface area contributed by atoms with Gasteiger partial charge in [0.1, 0.15) is 0 Å². The van der Waals surface area contributed by atoms with Gasteiger partial charge in [-0.1, -0.05) is 6.92 Å². The van der Waals surface area contributed by atoms with Crippen molar-refractivity contribution < 1.29 is 0 Å². The molecule has 1 aliphatic heterocycles. The van der Waals surface area contributed by atoms with Crippen LogP contribution in [0.25, 0.3) is 0 Å². The normalized spacial score (nSPS) is 27.6. The maximum absolute atomic E-state index is 4.15. The van der Waals surface area contributed by atoms with Gasteiger partial charge in [-0.05, 0) is 55.5 Å². The number of piperidine rings is 1. The van der Waals surface area contributed by atoms with Gasteiger partial charge in [-0.3, -0.25) is 4.98 Å². The molecule has 2 heterocycles. The van der Waals surface area contributed by atoms with E-state index in [0.717, 1.165) is 24.9 Å². The topological polar surface area (TPSA) is 24.9 Å². The Kier molecular flexibility index (Phi) is 2.82. The molecule has 2 rings (SSSR count). The fourth-order valence-electron chi connectivity index (χ4n) is 2.38. The Morgan fingerprint density at radius 2 is 2.36 bits per heavy atom. The minimum absolute atomic E-state index is 0.722. The fourth-order valence-corrected chi connectivity index (χ4v) is 2.38. The van der Waals surface area contributed by atoms with Gasteiger partial charge in [-0.25, -0.2) is 0 Å². The molecule has 1 fully saturated rings. The van der Waals surface area contributed by atoms with Crippen molar-refractivity contribution in [2.24, 2.45) is 5.92 Å². The molecule has 0 aliphatic carbocycles. The zero-order valence-electron chi connectivity index (χ0n) is 8.96. The Hall–Kier alpha value is -0.890. The van der Waals surface area contributed by atoms with Gasteiger partial charge >= 0.3 is 0 Å². The van der Waals surface area contributed by atoms with Crippen LogP contribution in [0.5, 0.6) is 0 Å². The summed E-state index contributed by atoms with van der Waals surface area (Å²) in [5.74, 6) is 1.46. The minimum atomic E-state index is 0.722. The molecule has 2 heteroatoms. The lowest BCUT2D eigenvalue weighted by Crippen LogP contribution is -2.34. The van der Waals surface area contributed by atoms with Crippen LogP contribution in [0, 0.1) is 12.8 Å². The van der Waals surface area contributed by atoms with Crippen molar-refractivity contribution in [3.63, 3.8) is 0 Å². The summed E-state index contributed by atoms with van der Waals surface area (Å²) in [5, 5.41) is 3.44. The molecule has 2 unspecified atom stereocenters. The highest BCUT2D eigenvalue weighted by atomic mass is 14.9. The quantitative estimate of drug-likeness (QED) is 0.733. The third kappa shape index (κ3) is 1.80. The maximum Gasteiger partial charge on any atom is 0.0299 e. The molecular formula is C12H18N2. The van der Waals surface area contributed by atoms with E-state index in [-0.39, 0.29) is 0 Å². The van der Waals surface area contributed by atoms with Crippen molar-refractivity contribution >= 4 is 0 Å². The molecule has 76 valence electrons. The summed E-state index contributed by atoms with van der Waals surface area (Å²) in [4.78, 5) is 4.15. The third-order valence-corrected chi connectivity index (χ3v) is 3.25. The second-order valence-electron chi connectivity index (χ2n) is 4.31. The highest BCUT2D eigenvalue weighted by Crippen LogP contribution is 2.31. The molecular weight excluding hydrogens is 172 g/mol. The Bertz CT molecular complexity index is 309. The molecule has 0 spiro atoms. The van der Waals surface area contributed by atoms with Crippen molar-refractivity contribution in [2.75, 3.05) is 13.1 Å². The number of hydrogen-bond acceptors (Lipinski definition) is 2. The second-order valence-corrected chi connectivity index (χ2v) is 4.31. The first-order valence-electron chi connectivity index (χ1n) is 5.40. The number of hydrogen-bond donors (Lipinski definition) is 1. The van der Waals surface area contributed by atoms with Crippen LogP contribution < -0.4 is 5.32 Å². The zero-order chi connectivity index (χ0) is 9.97. The monoisotopic (exact) mass is 190 g/mol.